The number of hydrogen-bond acceptors (Lipinski definition) is 11. The van der Waals surface area contributed by atoms with E-state index in [2.05, 4.69) is 30.6 Å². The number of amides is 1. The summed E-state index contributed by atoms with van der Waals surface area (Å²) < 4.78 is 25.0. The average molecular weight is 683 g/mol. The standard InChI is InChI=1S/C36H66N4O8/c1-14-39(15-2)25(6)32(43)40-19-26(20-40)28-21-46-34(44)35(7,8)30(42)24(5)31(36(9,45-13)17-22(3)18-38(28)12)48-33-29(41)27(37(10)11)16-23(4)47-33/h22-29,31,33,41H,14-21H2,1-13H3/t22-,23-,24+,25-,27+,28-,29-,31-,33+,36-/m1/s1. The van der Waals surface area contributed by atoms with Crippen molar-refractivity contribution in [2.24, 2.45) is 23.2 Å². The molecule has 0 saturated carbocycles. The normalized spacial score (nSPS) is 37.0. The fourth-order valence-corrected chi connectivity index (χ4v) is 8.19. The lowest BCUT2D eigenvalue weighted by Gasteiger charge is -2.48. The number of Topliss-reactive ketones (excluding diaryl/α,β-unsaturated/α-hetero) is 1. The minimum Gasteiger partial charge on any atom is -0.463 e. The third kappa shape index (κ3) is 8.79. The summed E-state index contributed by atoms with van der Waals surface area (Å²) in [7, 11) is 7.48. The van der Waals surface area contributed by atoms with Crippen LogP contribution < -0.4 is 0 Å². The van der Waals surface area contributed by atoms with Crippen LogP contribution in [-0.4, -0.2) is 158 Å². The molecule has 0 aromatic rings. The molecule has 3 aliphatic rings. The number of esters is 1. The Kier molecular flexibility index (Phi) is 14.1. The van der Waals surface area contributed by atoms with Gasteiger partial charge < -0.3 is 33.9 Å². The van der Waals surface area contributed by atoms with Crippen molar-refractivity contribution in [1.82, 2.24) is 19.6 Å². The minimum atomic E-state index is -1.47. The first-order valence-corrected chi connectivity index (χ1v) is 18.0. The van der Waals surface area contributed by atoms with E-state index in [-0.39, 0.29) is 54.4 Å². The number of rotatable bonds is 9. The van der Waals surface area contributed by atoms with E-state index in [1.54, 1.807) is 27.9 Å². The Labute approximate surface area is 289 Å². The van der Waals surface area contributed by atoms with E-state index in [1.807, 2.05) is 51.7 Å². The molecule has 10 atom stereocenters. The number of aliphatic hydroxyl groups is 1. The van der Waals surface area contributed by atoms with E-state index >= 15 is 0 Å². The van der Waals surface area contributed by atoms with Gasteiger partial charge in [0.1, 0.15) is 18.1 Å². The van der Waals surface area contributed by atoms with Crippen molar-refractivity contribution in [3.8, 4) is 0 Å². The second-order valence-corrected chi connectivity index (χ2v) is 15.7. The van der Waals surface area contributed by atoms with Crippen LogP contribution in [0.1, 0.15) is 75.2 Å². The number of cyclic esters (lactones) is 1. The molecule has 0 aliphatic carbocycles. The lowest BCUT2D eigenvalue weighted by molar-refractivity contribution is -0.295. The number of ether oxygens (including phenoxy) is 4. The Morgan fingerprint density at radius 2 is 1.69 bits per heavy atom. The summed E-state index contributed by atoms with van der Waals surface area (Å²) in [5, 5.41) is 11.3. The van der Waals surface area contributed by atoms with E-state index in [1.165, 1.54) is 0 Å². The predicted octanol–water partition coefficient (Wildman–Crippen LogP) is 2.51. The zero-order valence-electron chi connectivity index (χ0n) is 32.0. The second-order valence-electron chi connectivity index (χ2n) is 15.7. The first kappa shape index (κ1) is 40.8. The molecular formula is C36H66N4O8. The van der Waals surface area contributed by atoms with Gasteiger partial charge in [-0.25, -0.2) is 0 Å². The average Bonchev–Trinajstić information content (AvgIpc) is 3.00. The number of carbonyl (C=O) groups excluding carboxylic acids is 3. The van der Waals surface area contributed by atoms with Crippen LogP contribution in [0.3, 0.4) is 0 Å². The largest absolute Gasteiger partial charge is 0.463 e. The number of carbonyl (C=O) groups is 3. The van der Waals surface area contributed by atoms with Crippen LogP contribution in [0.5, 0.6) is 0 Å². The molecule has 0 spiro atoms. The molecule has 0 unspecified atom stereocenters. The van der Waals surface area contributed by atoms with Crippen LogP contribution in [0.2, 0.25) is 0 Å². The molecule has 0 bridgehead atoms. The molecule has 1 N–H and O–H groups in total. The van der Waals surface area contributed by atoms with Crippen molar-refractivity contribution >= 4 is 17.7 Å². The molecule has 3 fully saturated rings. The van der Waals surface area contributed by atoms with Crippen LogP contribution >= 0.6 is 0 Å². The van der Waals surface area contributed by atoms with Crippen LogP contribution in [0.15, 0.2) is 0 Å². The Bertz CT molecular complexity index is 1100. The van der Waals surface area contributed by atoms with E-state index < -0.39 is 41.4 Å². The van der Waals surface area contributed by atoms with Gasteiger partial charge in [-0.1, -0.05) is 27.7 Å². The van der Waals surface area contributed by atoms with E-state index in [4.69, 9.17) is 18.9 Å². The molecule has 0 radical (unpaired) electrons. The number of likely N-dealkylation sites (N-methyl/N-ethyl adjacent to an activating group) is 3. The number of aliphatic hydroxyl groups excluding tert-OH is 1. The quantitative estimate of drug-likeness (QED) is 0.285. The predicted molar refractivity (Wildman–Crippen MR) is 184 cm³/mol. The van der Waals surface area contributed by atoms with Crippen molar-refractivity contribution < 1.29 is 38.4 Å². The molecule has 3 heterocycles. The highest BCUT2D eigenvalue weighted by atomic mass is 16.7. The summed E-state index contributed by atoms with van der Waals surface area (Å²) in [6, 6.07) is -0.517. The monoisotopic (exact) mass is 682 g/mol. The van der Waals surface area contributed by atoms with Gasteiger partial charge in [0.25, 0.3) is 0 Å². The van der Waals surface area contributed by atoms with Crippen molar-refractivity contribution in [2.45, 2.75) is 123 Å². The van der Waals surface area contributed by atoms with Gasteiger partial charge in [-0.05, 0) is 87.6 Å². The molecule has 3 rings (SSSR count). The summed E-state index contributed by atoms with van der Waals surface area (Å²) in [5.74, 6) is -1.39. The Morgan fingerprint density at radius 1 is 1.08 bits per heavy atom. The molecule has 3 saturated heterocycles. The molecule has 48 heavy (non-hydrogen) atoms. The van der Waals surface area contributed by atoms with Gasteiger partial charge in [0, 0.05) is 50.7 Å². The maximum atomic E-state index is 14.3. The van der Waals surface area contributed by atoms with Gasteiger partial charge in [0.15, 0.2) is 12.1 Å². The molecule has 12 heteroatoms. The van der Waals surface area contributed by atoms with E-state index in [9.17, 15) is 19.5 Å². The highest BCUT2D eigenvalue weighted by molar-refractivity contribution is 6.04. The van der Waals surface area contributed by atoms with E-state index in [0.29, 0.717) is 32.5 Å². The smallest absolute Gasteiger partial charge is 0.319 e. The lowest BCUT2D eigenvalue weighted by atomic mass is 9.74. The Hall–Kier alpha value is -1.67. The van der Waals surface area contributed by atoms with Crippen LogP contribution in [0, 0.1) is 23.2 Å². The molecule has 0 aromatic carbocycles. The maximum Gasteiger partial charge on any atom is 0.319 e. The van der Waals surface area contributed by atoms with Crippen molar-refractivity contribution in [3.63, 3.8) is 0 Å². The van der Waals surface area contributed by atoms with Gasteiger partial charge in [0.05, 0.1) is 23.9 Å². The minimum absolute atomic E-state index is 0.0893. The highest BCUT2D eigenvalue weighted by Crippen LogP contribution is 2.38. The van der Waals surface area contributed by atoms with Gasteiger partial charge in [0.2, 0.25) is 5.91 Å². The van der Waals surface area contributed by atoms with Gasteiger partial charge in [-0.15, -0.1) is 0 Å². The van der Waals surface area contributed by atoms with Crippen molar-refractivity contribution in [3.05, 3.63) is 0 Å². The Balaban J connectivity index is 1.90. The zero-order valence-corrected chi connectivity index (χ0v) is 32.0. The van der Waals surface area contributed by atoms with Crippen LogP contribution in [0.4, 0.5) is 0 Å². The van der Waals surface area contributed by atoms with E-state index in [0.717, 1.165) is 13.1 Å². The second kappa shape index (κ2) is 16.6. The first-order chi connectivity index (χ1) is 22.3. The number of nitrogens with zero attached hydrogens (tertiary/aromatic N) is 4. The number of likely N-dealkylation sites (tertiary alicyclic amines) is 1. The summed E-state index contributed by atoms with van der Waals surface area (Å²) in [6.07, 6.45) is -1.76. The summed E-state index contributed by atoms with van der Waals surface area (Å²) >= 11 is 0. The summed E-state index contributed by atoms with van der Waals surface area (Å²) in [6.45, 7) is 20.7. The van der Waals surface area contributed by atoms with Crippen molar-refractivity contribution in [1.29, 1.82) is 0 Å². The van der Waals surface area contributed by atoms with Gasteiger partial charge in [-0.2, -0.15) is 0 Å². The molecule has 278 valence electrons. The topological polar surface area (TPSA) is 121 Å². The van der Waals surface area contributed by atoms with Crippen LogP contribution in [0.25, 0.3) is 0 Å². The maximum absolute atomic E-state index is 14.3. The molecule has 1 amide bonds. The number of hydrogen-bond donors (Lipinski definition) is 1. The number of methoxy groups -OCH3 is 1. The molecule has 12 nitrogen and oxygen atoms in total. The third-order valence-electron chi connectivity index (χ3n) is 11.4. The van der Waals surface area contributed by atoms with Gasteiger partial charge >= 0.3 is 5.97 Å². The fraction of sp³-hybridized carbons (Fsp3) is 0.917. The SMILES string of the molecule is CCN(CC)[C@H](C)C(=O)N1CC([C@H]2COC(=O)C(C)(C)C(=O)[C@H](C)[C@@H](O[C@@H]3O[C@H](C)C[C@H](N(C)C)[C@H]3O)[C@](C)(OC)C[C@@H](C)CN2C)C1. The van der Waals surface area contributed by atoms with Gasteiger partial charge in [-0.3, -0.25) is 24.2 Å². The third-order valence-corrected chi connectivity index (χ3v) is 11.4. The number of ketones is 1. The molecule has 0 aromatic heterocycles. The van der Waals surface area contributed by atoms with Crippen LogP contribution in [-0.2, 0) is 33.3 Å². The summed E-state index contributed by atoms with van der Waals surface area (Å²) in [5.41, 5.74) is -2.43. The molecular weight excluding hydrogens is 616 g/mol. The lowest BCUT2D eigenvalue weighted by Crippen LogP contribution is -2.62. The zero-order chi connectivity index (χ0) is 36.3. The Morgan fingerprint density at radius 3 is 2.23 bits per heavy atom. The van der Waals surface area contributed by atoms with Crippen molar-refractivity contribution in [2.75, 3.05) is 67.6 Å². The summed E-state index contributed by atoms with van der Waals surface area (Å²) in [4.78, 5) is 49.5. The highest BCUT2D eigenvalue weighted by Gasteiger charge is 2.52. The first-order valence-electron chi connectivity index (χ1n) is 18.0. The fourth-order valence-electron chi connectivity index (χ4n) is 8.19. The molecule has 3 aliphatic heterocycles.